The fourth-order valence-electron chi connectivity index (χ4n) is 2.28. The van der Waals surface area contributed by atoms with Crippen LogP contribution in [0.25, 0.3) is 0 Å². The van der Waals surface area contributed by atoms with E-state index in [4.69, 9.17) is 11.5 Å². The van der Waals surface area contributed by atoms with Crippen LogP contribution in [0.15, 0.2) is 43.0 Å². The summed E-state index contributed by atoms with van der Waals surface area (Å²) < 4.78 is 2.02. The van der Waals surface area contributed by atoms with Gasteiger partial charge in [0.2, 0.25) is 5.91 Å². The highest BCUT2D eigenvalue weighted by Crippen LogP contribution is 2.10. The first-order valence-corrected chi connectivity index (χ1v) is 6.94. The van der Waals surface area contributed by atoms with Crippen molar-refractivity contribution in [2.24, 2.45) is 5.73 Å². The minimum absolute atomic E-state index is 0.249. The van der Waals surface area contributed by atoms with E-state index in [9.17, 15) is 4.79 Å². The number of anilines is 1. The maximum absolute atomic E-state index is 11.2. The molecule has 0 saturated carbocycles. The van der Waals surface area contributed by atoms with Crippen LogP contribution in [0.1, 0.15) is 12.0 Å². The molecular weight excluding hydrogens is 266 g/mol. The molecule has 0 aliphatic rings. The molecule has 6 heteroatoms. The van der Waals surface area contributed by atoms with E-state index in [0.717, 1.165) is 30.8 Å². The van der Waals surface area contributed by atoms with Crippen LogP contribution < -0.4 is 11.5 Å². The topological polar surface area (TPSA) is 90.2 Å². The summed E-state index contributed by atoms with van der Waals surface area (Å²) in [6.45, 7) is 2.57. The number of aromatic nitrogens is 2. The largest absolute Gasteiger partial charge is 0.399 e. The highest BCUT2D eigenvalue weighted by Gasteiger charge is 2.09. The summed E-state index contributed by atoms with van der Waals surface area (Å²) in [5.41, 5.74) is 12.9. The lowest BCUT2D eigenvalue weighted by molar-refractivity contribution is -0.119. The lowest BCUT2D eigenvalue weighted by Gasteiger charge is -2.21. The SMILES string of the molecule is NC(=O)CN(CCCn1ccnc1)Cc1cccc(N)c1. The molecule has 1 heterocycles. The smallest absolute Gasteiger partial charge is 0.231 e. The van der Waals surface area contributed by atoms with Crippen molar-refractivity contribution in [2.75, 3.05) is 18.8 Å². The van der Waals surface area contributed by atoms with Gasteiger partial charge in [0.25, 0.3) is 0 Å². The van der Waals surface area contributed by atoms with Crippen LogP contribution in [-0.2, 0) is 17.9 Å². The van der Waals surface area contributed by atoms with E-state index < -0.39 is 0 Å². The predicted molar refractivity (Wildman–Crippen MR) is 82.2 cm³/mol. The Morgan fingerprint density at radius 2 is 2.24 bits per heavy atom. The van der Waals surface area contributed by atoms with Crippen LogP contribution in [0.3, 0.4) is 0 Å². The molecule has 0 unspecified atom stereocenters. The van der Waals surface area contributed by atoms with Gasteiger partial charge in [-0.1, -0.05) is 12.1 Å². The number of hydrogen-bond acceptors (Lipinski definition) is 4. The number of amides is 1. The first kappa shape index (κ1) is 15.1. The van der Waals surface area contributed by atoms with Gasteiger partial charge in [-0.2, -0.15) is 0 Å². The summed E-state index contributed by atoms with van der Waals surface area (Å²) in [5.74, 6) is -0.318. The summed E-state index contributed by atoms with van der Waals surface area (Å²) in [6, 6.07) is 7.68. The summed E-state index contributed by atoms with van der Waals surface area (Å²) in [7, 11) is 0. The summed E-state index contributed by atoms with van der Waals surface area (Å²) in [6.07, 6.45) is 6.40. The standard InChI is InChI=1S/C15H21N5O/c16-14-4-1-3-13(9-14)10-20(11-15(17)21)7-2-6-19-8-5-18-12-19/h1,3-5,8-9,12H,2,6-7,10-11,16H2,(H2,17,21). The minimum atomic E-state index is -0.318. The van der Waals surface area contributed by atoms with E-state index in [1.54, 1.807) is 12.5 Å². The van der Waals surface area contributed by atoms with Gasteiger partial charge in [-0.15, -0.1) is 0 Å². The Balaban J connectivity index is 1.89. The number of imidazole rings is 1. The molecule has 112 valence electrons. The Morgan fingerprint density at radius 3 is 2.90 bits per heavy atom. The van der Waals surface area contributed by atoms with E-state index in [0.29, 0.717) is 6.54 Å². The highest BCUT2D eigenvalue weighted by atomic mass is 16.1. The van der Waals surface area contributed by atoms with Crippen molar-refractivity contribution in [3.63, 3.8) is 0 Å². The van der Waals surface area contributed by atoms with Crippen LogP contribution in [0, 0.1) is 0 Å². The summed E-state index contributed by atoms with van der Waals surface area (Å²) in [4.78, 5) is 17.2. The Labute approximate surface area is 124 Å². The fourth-order valence-corrected chi connectivity index (χ4v) is 2.28. The Morgan fingerprint density at radius 1 is 1.38 bits per heavy atom. The number of nitrogens with two attached hydrogens (primary N) is 2. The molecule has 0 aliphatic carbocycles. The zero-order valence-corrected chi connectivity index (χ0v) is 12.0. The third kappa shape index (κ3) is 5.27. The molecule has 2 aromatic rings. The number of nitrogens with zero attached hydrogens (tertiary/aromatic N) is 3. The van der Waals surface area contributed by atoms with Crippen LogP contribution in [-0.4, -0.2) is 33.4 Å². The number of hydrogen-bond donors (Lipinski definition) is 2. The third-order valence-electron chi connectivity index (χ3n) is 3.19. The molecule has 0 radical (unpaired) electrons. The monoisotopic (exact) mass is 287 g/mol. The molecule has 0 atom stereocenters. The molecule has 0 saturated heterocycles. The molecule has 1 aromatic carbocycles. The number of carbonyl (C=O) groups is 1. The minimum Gasteiger partial charge on any atom is -0.399 e. The summed E-state index contributed by atoms with van der Waals surface area (Å²) >= 11 is 0. The molecule has 0 bridgehead atoms. The van der Waals surface area contributed by atoms with Gasteiger partial charge < -0.3 is 16.0 Å². The lowest BCUT2D eigenvalue weighted by Crippen LogP contribution is -2.34. The first-order chi connectivity index (χ1) is 10.1. The Hall–Kier alpha value is -2.34. The lowest BCUT2D eigenvalue weighted by atomic mass is 10.2. The van der Waals surface area contributed by atoms with Crippen LogP contribution >= 0.6 is 0 Å². The fraction of sp³-hybridized carbons (Fsp3) is 0.333. The van der Waals surface area contributed by atoms with Gasteiger partial charge in [-0.25, -0.2) is 4.98 Å². The molecule has 0 spiro atoms. The number of nitrogen functional groups attached to an aromatic ring is 1. The molecule has 0 aliphatic heterocycles. The molecule has 21 heavy (non-hydrogen) atoms. The van der Waals surface area contributed by atoms with Gasteiger partial charge in [0, 0.05) is 37.7 Å². The van der Waals surface area contributed by atoms with Gasteiger partial charge in [-0.3, -0.25) is 9.69 Å². The number of aryl methyl sites for hydroxylation is 1. The maximum atomic E-state index is 11.2. The van der Waals surface area contributed by atoms with Crippen LogP contribution in [0.2, 0.25) is 0 Å². The highest BCUT2D eigenvalue weighted by molar-refractivity contribution is 5.75. The van der Waals surface area contributed by atoms with Crippen molar-refractivity contribution in [3.05, 3.63) is 48.5 Å². The third-order valence-corrected chi connectivity index (χ3v) is 3.19. The van der Waals surface area contributed by atoms with Gasteiger partial charge >= 0.3 is 0 Å². The zero-order chi connectivity index (χ0) is 15.1. The molecule has 2 rings (SSSR count). The average Bonchev–Trinajstić information content (AvgIpc) is 2.91. The van der Waals surface area contributed by atoms with E-state index in [-0.39, 0.29) is 12.5 Å². The maximum Gasteiger partial charge on any atom is 0.231 e. The molecular formula is C15H21N5O. The number of primary amides is 1. The van der Waals surface area contributed by atoms with Crippen molar-refractivity contribution >= 4 is 11.6 Å². The van der Waals surface area contributed by atoms with Gasteiger partial charge in [-0.05, 0) is 24.1 Å². The predicted octanol–water partition coefficient (Wildman–Crippen LogP) is 0.843. The Bertz CT molecular complexity index is 567. The molecule has 1 aromatic heterocycles. The first-order valence-electron chi connectivity index (χ1n) is 6.94. The van der Waals surface area contributed by atoms with Crippen molar-refractivity contribution in [2.45, 2.75) is 19.5 Å². The number of carbonyl (C=O) groups excluding carboxylic acids is 1. The van der Waals surface area contributed by atoms with Crippen molar-refractivity contribution in [1.82, 2.24) is 14.5 Å². The summed E-state index contributed by atoms with van der Waals surface area (Å²) in [5, 5.41) is 0. The van der Waals surface area contributed by atoms with Crippen molar-refractivity contribution in [3.8, 4) is 0 Å². The van der Waals surface area contributed by atoms with Crippen LogP contribution in [0.4, 0.5) is 5.69 Å². The second-order valence-electron chi connectivity index (χ2n) is 5.08. The molecule has 1 amide bonds. The van der Waals surface area contributed by atoms with E-state index in [1.165, 1.54) is 0 Å². The van der Waals surface area contributed by atoms with Crippen molar-refractivity contribution in [1.29, 1.82) is 0 Å². The second-order valence-corrected chi connectivity index (χ2v) is 5.08. The van der Waals surface area contributed by atoms with Gasteiger partial charge in [0.15, 0.2) is 0 Å². The number of rotatable bonds is 8. The van der Waals surface area contributed by atoms with E-state index in [2.05, 4.69) is 4.98 Å². The van der Waals surface area contributed by atoms with E-state index in [1.807, 2.05) is 39.9 Å². The molecule has 4 N–H and O–H groups in total. The van der Waals surface area contributed by atoms with Gasteiger partial charge in [0.1, 0.15) is 0 Å². The molecule has 6 nitrogen and oxygen atoms in total. The Kier molecular flexibility index (Phi) is 5.34. The molecule has 0 fully saturated rings. The van der Waals surface area contributed by atoms with Gasteiger partial charge in [0.05, 0.1) is 12.9 Å². The van der Waals surface area contributed by atoms with Crippen molar-refractivity contribution < 1.29 is 4.79 Å². The quantitative estimate of drug-likeness (QED) is 0.704. The normalized spacial score (nSPS) is 10.9. The second kappa shape index (κ2) is 7.44. The van der Waals surface area contributed by atoms with E-state index >= 15 is 0 Å². The van der Waals surface area contributed by atoms with Crippen LogP contribution in [0.5, 0.6) is 0 Å². The average molecular weight is 287 g/mol. The number of benzene rings is 1. The zero-order valence-electron chi connectivity index (χ0n) is 12.0.